The lowest BCUT2D eigenvalue weighted by molar-refractivity contribution is -0.145. The van der Waals surface area contributed by atoms with E-state index in [1.807, 2.05) is 23.6 Å². The van der Waals surface area contributed by atoms with E-state index in [0.717, 1.165) is 44.9 Å². The number of hydrogen-bond acceptors (Lipinski definition) is 11. The zero-order chi connectivity index (χ0) is 39.6. The molecule has 1 aromatic carbocycles. The van der Waals surface area contributed by atoms with Crippen LogP contribution in [0.25, 0.3) is 22.3 Å². The first-order valence-electron chi connectivity index (χ1n) is 19.7. The van der Waals surface area contributed by atoms with Crippen LogP contribution in [0.4, 0.5) is 9.93 Å². The number of hydrogen-bond donors (Lipinski definition) is 4. The van der Waals surface area contributed by atoms with Gasteiger partial charge in [-0.05, 0) is 77.3 Å². The molecule has 4 N–H and O–H groups in total. The number of thiazole rings is 1. The molecule has 3 amide bonds. The standard InChI is InChI=1S/C40H50N6O8S/c1-23(2)41-38-43-32(22-55-38)31-19-34(28-16-15-26(52-3)17-30(28)42-31)53-27-18-33-35(47)45-40(37(49)50)20-24(40)11-7-5-4-6-8-14-29(36(48)46(33)21-27)44-39(51)54-25-12-9-10-13-25/h7,11,15-17,19,22-25,27,29,33H,4-6,8-10,12-14,18,20-21H2,1-3H3,(H,41,43)(H,44,51)(H,45,47)(H,49,50)/b11-7-/t24-,27+,29-,33-,40+/m0/s1/i23T. The molecule has 2 aliphatic heterocycles. The molecule has 7 rings (SSSR count). The number of nitrogens with zero attached hydrogens (tertiary/aromatic N) is 3. The molecular weight excluding hydrogens is 725 g/mol. The second kappa shape index (κ2) is 16.4. The summed E-state index contributed by atoms with van der Waals surface area (Å²) in [5.74, 6) is -1.49. The lowest BCUT2D eigenvalue weighted by Crippen LogP contribution is -2.56. The van der Waals surface area contributed by atoms with E-state index < -0.39 is 53.6 Å². The van der Waals surface area contributed by atoms with Gasteiger partial charge in [0.25, 0.3) is 0 Å². The number of methoxy groups -OCH3 is 1. The van der Waals surface area contributed by atoms with Crippen LogP contribution in [0, 0.1) is 5.92 Å². The molecule has 2 aliphatic carbocycles. The normalized spacial score (nSPS) is 27.1. The van der Waals surface area contributed by atoms with Crippen LogP contribution in [-0.2, 0) is 19.1 Å². The Kier molecular flexibility index (Phi) is 11.1. The Hall–Kier alpha value is -4.92. The monoisotopic (exact) mass is 776 g/mol. The Morgan fingerprint density at radius 1 is 1.07 bits per heavy atom. The number of carbonyl (C=O) groups excluding carboxylic acids is 3. The number of ether oxygens (including phenoxy) is 3. The quantitative estimate of drug-likeness (QED) is 0.186. The summed E-state index contributed by atoms with van der Waals surface area (Å²) in [5, 5.41) is 22.0. The minimum Gasteiger partial charge on any atom is -0.497 e. The SMILES string of the molecule is [3H]C(C)(C)Nc1nc(-c2cc(O[C@@H]3C[C@H]4C(=O)N[C@]5(C(=O)O)C[C@@H]5/C=C\CCCCC[C@H](NC(=O)OC5CCCC5)C(=O)N4C3)c3ccc(OC)cc3n2)cs1. The Balaban J connectivity index is 1.20. The van der Waals surface area contributed by atoms with Gasteiger partial charge in [0.05, 0.1) is 26.2 Å². The Bertz CT molecular complexity index is 2000. The fourth-order valence-electron chi connectivity index (χ4n) is 7.85. The maximum atomic E-state index is 14.6. The van der Waals surface area contributed by atoms with Crippen LogP contribution in [0.1, 0.15) is 85.8 Å². The average molecular weight is 777 g/mol. The second-order valence-corrected chi connectivity index (χ2v) is 16.0. The van der Waals surface area contributed by atoms with Crippen LogP contribution in [0.3, 0.4) is 0 Å². The van der Waals surface area contributed by atoms with E-state index in [2.05, 4.69) is 20.9 Å². The topological polar surface area (TPSA) is 181 Å². The van der Waals surface area contributed by atoms with Crippen LogP contribution >= 0.6 is 11.3 Å². The maximum absolute atomic E-state index is 14.6. The molecule has 0 spiro atoms. The second-order valence-electron chi connectivity index (χ2n) is 15.2. The summed E-state index contributed by atoms with van der Waals surface area (Å²) in [6, 6.07) is 4.21. The van der Waals surface area contributed by atoms with Crippen molar-refractivity contribution < 1.29 is 39.9 Å². The van der Waals surface area contributed by atoms with Crippen molar-refractivity contribution in [3.05, 3.63) is 41.8 Å². The van der Waals surface area contributed by atoms with Gasteiger partial charge < -0.3 is 40.2 Å². The number of pyridine rings is 1. The molecule has 55 heavy (non-hydrogen) atoms. The zero-order valence-electron chi connectivity index (χ0n) is 32.5. The summed E-state index contributed by atoms with van der Waals surface area (Å²) in [6.45, 7) is 3.46. The number of allylic oxidation sites excluding steroid dienone is 1. The van der Waals surface area contributed by atoms with Crippen molar-refractivity contribution in [3.63, 3.8) is 0 Å². The Morgan fingerprint density at radius 2 is 1.87 bits per heavy atom. The van der Waals surface area contributed by atoms with Gasteiger partial charge in [-0.25, -0.2) is 19.6 Å². The highest BCUT2D eigenvalue weighted by molar-refractivity contribution is 7.14. The number of anilines is 1. The van der Waals surface area contributed by atoms with Gasteiger partial charge in [0, 0.05) is 41.3 Å². The number of benzene rings is 1. The smallest absolute Gasteiger partial charge is 0.408 e. The molecule has 294 valence electrons. The molecule has 1 saturated heterocycles. The van der Waals surface area contributed by atoms with Crippen molar-refractivity contribution in [2.24, 2.45) is 5.92 Å². The number of amides is 3. The average Bonchev–Trinajstić information content (AvgIpc) is 3.58. The fraction of sp³-hybridized carbons (Fsp3) is 0.550. The van der Waals surface area contributed by atoms with Gasteiger partial charge in [-0.15, -0.1) is 11.3 Å². The summed E-state index contributed by atoms with van der Waals surface area (Å²) >= 11 is 1.35. The molecular formula is C40H50N6O8S. The van der Waals surface area contributed by atoms with E-state index in [1.54, 1.807) is 39.2 Å². The first kappa shape index (κ1) is 37.0. The van der Waals surface area contributed by atoms with E-state index in [1.165, 1.54) is 16.2 Å². The molecule has 14 nitrogen and oxygen atoms in total. The summed E-state index contributed by atoms with van der Waals surface area (Å²) in [7, 11) is 1.57. The van der Waals surface area contributed by atoms with Crippen molar-refractivity contribution >= 4 is 51.2 Å². The minimum atomic E-state index is -1.46. The molecule has 0 radical (unpaired) electrons. The predicted molar refractivity (Wildman–Crippen MR) is 207 cm³/mol. The van der Waals surface area contributed by atoms with E-state index in [4.69, 9.17) is 20.6 Å². The summed E-state index contributed by atoms with van der Waals surface area (Å²) in [4.78, 5) is 65.4. The molecule has 2 saturated carbocycles. The molecule has 0 unspecified atom stereocenters. The van der Waals surface area contributed by atoms with Crippen molar-refractivity contribution in [1.29, 1.82) is 0 Å². The highest BCUT2D eigenvalue weighted by atomic mass is 32.1. The molecule has 4 heterocycles. The first-order chi connectivity index (χ1) is 26.8. The van der Waals surface area contributed by atoms with Crippen LogP contribution < -0.4 is 25.4 Å². The van der Waals surface area contributed by atoms with Gasteiger partial charge in [-0.2, -0.15) is 0 Å². The highest BCUT2D eigenvalue weighted by Gasteiger charge is 2.61. The van der Waals surface area contributed by atoms with E-state index >= 15 is 0 Å². The number of fused-ring (bicyclic) bond motifs is 3. The number of aromatic nitrogens is 2. The largest absolute Gasteiger partial charge is 0.497 e. The van der Waals surface area contributed by atoms with Crippen molar-refractivity contribution in [2.45, 2.75) is 120 Å². The number of carbonyl (C=O) groups is 4. The van der Waals surface area contributed by atoms with E-state index in [-0.39, 0.29) is 31.4 Å². The molecule has 2 aromatic heterocycles. The highest BCUT2D eigenvalue weighted by Crippen LogP contribution is 2.45. The third-order valence-corrected chi connectivity index (χ3v) is 11.6. The minimum absolute atomic E-state index is 0.00876. The number of alkyl carbamates (subject to hydrolysis) is 1. The van der Waals surface area contributed by atoms with Crippen LogP contribution in [0.15, 0.2) is 41.8 Å². The molecule has 3 aromatic rings. The number of carboxylic acid groups (broad SMARTS) is 1. The van der Waals surface area contributed by atoms with Crippen molar-refractivity contribution in [2.75, 3.05) is 19.0 Å². The van der Waals surface area contributed by atoms with Gasteiger partial charge in [0.15, 0.2) is 5.13 Å². The fourth-order valence-corrected chi connectivity index (χ4v) is 8.67. The zero-order valence-corrected chi connectivity index (χ0v) is 32.3. The van der Waals surface area contributed by atoms with Crippen LogP contribution in [0.2, 0.25) is 0 Å². The number of rotatable bonds is 9. The first-order valence-corrected chi connectivity index (χ1v) is 20.1. The molecule has 5 atom stereocenters. The van der Waals surface area contributed by atoms with Crippen LogP contribution in [0.5, 0.6) is 11.5 Å². The number of carboxylic acids is 1. The third kappa shape index (κ3) is 8.66. The molecule has 4 aliphatic rings. The number of nitrogens with one attached hydrogen (secondary N) is 3. The summed E-state index contributed by atoms with van der Waals surface area (Å²) in [6.07, 6.45) is 9.52. The molecule has 15 heteroatoms. The van der Waals surface area contributed by atoms with Gasteiger partial charge in [-0.1, -0.05) is 25.0 Å². The van der Waals surface area contributed by atoms with Crippen LogP contribution in [-0.4, -0.2) is 93.4 Å². The van der Waals surface area contributed by atoms with Crippen molar-refractivity contribution in [3.8, 4) is 22.9 Å². The van der Waals surface area contributed by atoms with E-state index in [9.17, 15) is 24.3 Å². The van der Waals surface area contributed by atoms with Gasteiger partial charge >= 0.3 is 12.1 Å². The summed E-state index contributed by atoms with van der Waals surface area (Å²) in [5.41, 5.74) is 0.185. The lowest BCUT2D eigenvalue weighted by atomic mass is 10.0. The van der Waals surface area contributed by atoms with Gasteiger partial charge in [-0.3, -0.25) is 9.59 Å². The predicted octanol–water partition coefficient (Wildman–Crippen LogP) is 6.05. The maximum Gasteiger partial charge on any atom is 0.408 e. The number of aliphatic carboxylic acids is 1. The Morgan fingerprint density at radius 3 is 2.64 bits per heavy atom. The van der Waals surface area contributed by atoms with Gasteiger partial charge in [0.1, 0.15) is 47.0 Å². The van der Waals surface area contributed by atoms with E-state index in [0.29, 0.717) is 51.8 Å². The lowest BCUT2D eigenvalue weighted by Gasteiger charge is -2.29. The Labute approximate surface area is 325 Å². The van der Waals surface area contributed by atoms with Crippen molar-refractivity contribution in [1.82, 2.24) is 25.5 Å². The molecule has 3 fully saturated rings. The van der Waals surface area contributed by atoms with Gasteiger partial charge in [0.2, 0.25) is 11.8 Å². The molecule has 0 bridgehead atoms. The third-order valence-electron chi connectivity index (χ3n) is 10.9. The summed E-state index contributed by atoms with van der Waals surface area (Å²) < 4.78 is 26.1.